The highest BCUT2D eigenvalue weighted by atomic mass is 32.2. The Hall–Kier alpha value is -3.52. The van der Waals surface area contributed by atoms with E-state index in [9.17, 15) is 8.42 Å². The van der Waals surface area contributed by atoms with Crippen molar-refractivity contribution in [3.8, 4) is 11.4 Å². The summed E-state index contributed by atoms with van der Waals surface area (Å²) in [6, 6.07) is 17.7. The molecule has 0 aliphatic heterocycles. The first kappa shape index (κ1) is 21.7. The molecule has 0 saturated heterocycles. The average molecular weight is 449 g/mol. The number of pyridine rings is 1. The molecule has 0 aliphatic carbocycles. The molecule has 4 rings (SSSR count). The van der Waals surface area contributed by atoms with Crippen LogP contribution in [0.25, 0.3) is 11.4 Å². The van der Waals surface area contributed by atoms with Crippen molar-refractivity contribution >= 4 is 15.7 Å². The first-order chi connectivity index (χ1) is 15.2. The number of hydrogen-bond acceptors (Lipinski definition) is 6. The maximum absolute atomic E-state index is 13.0. The minimum atomic E-state index is -3.75. The molecule has 2 aromatic carbocycles. The van der Waals surface area contributed by atoms with Crippen molar-refractivity contribution in [1.82, 2.24) is 15.1 Å². The largest absolute Gasteiger partial charge is 0.339 e. The second kappa shape index (κ2) is 8.55. The van der Waals surface area contributed by atoms with E-state index >= 15 is 0 Å². The number of rotatable bonds is 6. The van der Waals surface area contributed by atoms with Crippen molar-refractivity contribution in [2.24, 2.45) is 0 Å². The molecule has 0 radical (unpaired) electrons. The van der Waals surface area contributed by atoms with Crippen LogP contribution < -0.4 is 4.72 Å². The summed E-state index contributed by atoms with van der Waals surface area (Å²) in [5.74, 6) is 0.845. The van der Waals surface area contributed by atoms with Crippen LogP contribution in [0, 0.1) is 0 Å². The average Bonchev–Trinajstić information content (AvgIpc) is 3.24. The van der Waals surface area contributed by atoms with Gasteiger partial charge in [-0.1, -0.05) is 56.3 Å². The Balaban J connectivity index is 1.56. The zero-order chi connectivity index (χ0) is 22.8. The van der Waals surface area contributed by atoms with Crippen molar-refractivity contribution in [2.75, 3.05) is 4.72 Å². The number of nitrogens with one attached hydrogen (secondary N) is 1. The van der Waals surface area contributed by atoms with E-state index in [0.29, 0.717) is 23.8 Å². The number of nitrogens with zero attached hydrogens (tertiary/aromatic N) is 3. The first-order valence-electron chi connectivity index (χ1n) is 10.2. The lowest BCUT2D eigenvalue weighted by atomic mass is 9.87. The summed E-state index contributed by atoms with van der Waals surface area (Å²) in [5.41, 5.74) is 3.01. The Morgan fingerprint density at radius 1 is 0.938 bits per heavy atom. The fraction of sp³-hybridized carbons (Fsp3) is 0.208. The van der Waals surface area contributed by atoms with Gasteiger partial charge < -0.3 is 4.52 Å². The van der Waals surface area contributed by atoms with E-state index in [-0.39, 0.29) is 10.3 Å². The van der Waals surface area contributed by atoms with Crippen LogP contribution in [0.2, 0.25) is 0 Å². The molecule has 2 aromatic heterocycles. The molecular weight excluding hydrogens is 424 g/mol. The highest BCUT2D eigenvalue weighted by molar-refractivity contribution is 7.92. The first-order valence-corrected chi connectivity index (χ1v) is 11.6. The Labute approximate surface area is 187 Å². The molecule has 0 spiro atoms. The molecule has 0 saturated carbocycles. The van der Waals surface area contributed by atoms with Crippen LogP contribution in [0.15, 0.2) is 82.5 Å². The molecule has 0 fully saturated rings. The quantitative estimate of drug-likeness (QED) is 0.454. The van der Waals surface area contributed by atoms with Crippen molar-refractivity contribution < 1.29 is 12.9 Å². The summed E-state index contributed by atoms with van der Waals surface area (Å²) in [7, 11) is -3.75. The van der Waals surface area contributed by atoms with E-state index in [0.717, 1.165) is 16.7 Å². The fourth-order valence-electron chi connectivity index (χ4n) is 3.22. The minimum Gasteiger partial charge on any atom is -0.339 e. The number of sulfonamides is 1. The van der Waals surface area contributed by atoms with Gasteiger partial charge in [0.1, 0.15) is 0 Å². The Bertz CT molecular complexity index is 1310. The van der Waals surface area contributed by atoms with E-state index in [1.807, 2.05) is 24.3 Å². The third kappa shape index (κ3) is 4.86. The van der Waals surface area contributed by atoms with Crippen molar-refractivity contribution in [2.45, 2.75) is 37.5 Å². The molecule has 0 atom stereocenters. The van der Waals surface area contributed by atoms with Crippen LogP contribution in [-0.2, 0) is 21.9 Å². The molecule has 32 heavy (non-hydrogen) atoms. The van der Waals surface area contributed by atoms with Gasteiger partial charge in [-0.05, 0) is 46.9 Å². The molecule has 0 bridgehead atoms. The highest BCUT2D eigenvalue weighted by Gasteiger charge is 2.19. The van der Waals surface area contributed by atoms with Crippen LogP contribution in [0.4, 0.5) is 5.69 Å². The smallest absolute Gasteiger partial charge is 0.261 e. The molecular formula is C24H24N4O3S. The van der Waals surface area contributed by atoms with Crippen LogP contribution in [0.1, 0.15) is 37.8 Å². The lowest BCUT2D eigenvalue weighted by Crippen LogP contribution is -2.15. The summed E-state index contributed by atoms with van der Waals surface area (Å²) < 4.78 is 34.0. The maximum Gasteiger partial charge on any atom is 0.261 e. The van der Waals surface area contributed by atoms with Gasteiger partial charge in [-0.2, -0.15) is 4.98 Å². The topological polar surface area (TPSA) is 98.0 Å². The van der Waals surface area contributed by atoms with Gasteiger partial charge in [0, 0.05) is 18.0 Å². The third-order valence-electron chi connectivity index (χ3n) is 5.04. The summed E-state index contributed by atoms with van der Waals surface area (Å²) in [5, 5.41) is 4.01. The van der Waals surface area contributed by atoms with Gasteiger partial charge in [0.2, 0.25) is 11.7 Å². The Morgan fingerprint density at radius 2 is 1.62 bits per heavy atom. The Kier molecular flexibility index (Phi) is 5.80. The summed E-state index contributed by atoms with van der Waals surface area (Å²) in [6.45, 7) is 6.26. The predicted octanol–water partition coefficient (Wildman–Crippen LogP) is 4.82. The van der Waals surface area contributed by atoms with Crippen molar-refractivity contribution in [1.29, 1.82) is 0 Å². The number of aromatic nitrogens is 3. The van der Waals surface area contributed by atoms with Crippen molar-refractivity contribution in [3.63, 3.8) is 0 Å². The SMILES string of the molecule is CC(C)(C)c1ccc(S(=O)(=O)Nc2ccccc2Cc2nc(-c3ccncc3)no2)cc1. The van der Waals surface area contributed by atoms with Gasteiger partial charge in [0.05, 0.1) is 17.0 Å². The number of benzene rings is 2. The van der Waals surface area contributed by atoms with E-state index < -0.39 is 10.0 Å². The number of para-hydroxylation sites is 1. The van der Waals surface area contributed by atoms with Crippen LogP contribution >= 0.6 is 0 Å². The van der Waals surface area contributed by atoms with Gasteiger partial charge in [0.15, 0.2) is 0 Å². The predicted molar refractivity (Wildman–Crippen MR) is 123 cm³/mol. The molecule has 0 amide bonds. The standard InChI is InChI=1S/C24H24N4O3S/c1-24(2,3)19-8-10-20(11-9-19)32(29,30)28-21-7-5-4-6-18(21)16-22-26-23(27-31-22)17-12-14-25-15-13-17/h4-15,28H,16H2,1-3H3. The van der Waals surface area contributed by atoms with E-state index in [2.05, 4.69) is 40.6 Å². The zero-order valence-corrected chi connectivity index (χ0v) is 18.9. The minimum absolute atomic E-state index is 0.0541. The molecule has 8 heteroatoms. The summed E-state index contributed by atoms with van der Waals surface area (Å²) >= 11 is 0. The molecule has 7 nitrogen and oxygen atoms in total. The lowest BCUT2D eigenvalue weighted by Gasteiger charge is -2.19. The molecule has 1 N–H and O–H groups in total. The molecule has 164 valence electrons. The molecule has 0 aliphatic rings. The van der Waals surface area contributed by atoms with Crippen LogP contribution in [0.3, 0.4) is 0 Å². The number of hydrogen-bond donors (Lipinski definition) is 1. The highest BCUT2D eigenvalue weighted by Crippen LogP contribution is 2.26. The molecule has 4 aromatic rings. The summed E-state index contributed by atoms with van der Waals surface area (Å²) in [4.78, 5) is 8.61. The van der Waals surface area contributed by atoms with E-state index in [1.54, 1.807) is 48.8 Å². The van der Waals surface area contributed by atoms with E-state index in [4.69, 9.17) is 4.52 Å². The maximum atomic E-state index is 13.0. The van der Waals surface area contributed by atoms with Gasteiger partial charge in [-0.15, -0.1) is 0 Å². The number of anilines is 1. The van der Waals surface area contributed by atoms with E-state index in [1.165, 1.54) is 0 Å². The van der Waals surface area contributed by atoms with Gasteiger partial charge in [-0.3, -0.25) is 9.71 Å². The van der Waals surface area contributed by atoms with Crippen molar-refractivity contribution in [3.05, 3.63) is 90.1 Å². The summed E-state index contributed by atoms with van der Waals surface area (Å²) in [6.07, 6.45) is 3.60. The van der Waals surface area contributed by atoms with Crippen LogP contribution in [-0.4, -0.2) is 23.5 Å². The second-order valence-corrected chi connectivity index (χ2v) is 10.1. The van der Waals surface area contributed by atoms with Gasteiger partial charge >= 0.3 is 0 Å². The second-order valence-electron chi connectivity index (χ2n) is 8.46. The molecule has 2 heterocycles. The van der Waals surface area contributed by atoms with Gasteiger partial charge in [0.25, 0.3) is 10.0 Å². The third-order valence-corrected chi connectivity index (χ3v) is 6.42. The zero-order valence-electron chi connectivity index (χ0n) is 18.1. The normalized spacial score (nSPS) is 12.0. The monoisotopic (exact) mass is 448 g/mol. The van der Waals surface area contributed by atoms with Gasteiger partial charge in [-0.25, -0.2) is 8.42 Å². The van der Waals surface area contributed by atoms with Crippen LogP contribution in [0.5, 0.6) is 0 Å². The lowest BCUT2D eigenvalue weighted by molar-refractivity contribution is 0.386. The molecule has 0 unspecified atom stereocenters. The Morgan fingerprint density at radius 3 is 2.31 bits per heavy atom. The fourth-order valence-corrected chi connectivity index (χ4v) is 4.32.